The summed E-state index contributed by atoms with van der Waals surface area (Å²) in [6.45, 7) is 5.83. The SMILES string of the molecule is CCCOC(=O)Cn1c(C(=O)OCC)nc2sc3c(c2c1=O)CC[C@H](C)C3. The molecular weight excluding hydrogens is 368 g/mol. The van der Waals surface area contributed by atoms with Crippen molar-refractivity contribution < 1.29 is 19.1 Å². The molecule has 27 heavy (non-hydrogen) atoms. The van der Waals surface area contributed by atoms with Crippen molar-refractivity contribution in [1.29, 1.82) is 0 Å². The zero-order chi connectivity index (χ0) is 19.6. The third-order valence-electron chi connectivity index (χ3n) is 4.63. The van der Waals surface area contributed by atoms with Gasteiger partial charge in [-0.2, -0.15) is 0 Å². The summed E-state index contributed by atoms with van der Waals surface area (Å²) in [7, 11) is 0. The van der Waals surface area contributed by atoms with Gasteiger partial charge in [-0.3, -0.25) is 14.2 Å². The zero-order valence-electron chi connectivity index (χ0n) is 15.9. The number of hydrogen-bond acceptors (Lipinski definition) is 7. The van der Waals surface area contributed by atoms with E-state index in [-0.39, 0.29) is 31.1 Å². The van der Waals surface area contributed by atoms with Gasteiger partial charge in [0.15, 0.2) is 0 Å². The number of esters is 2. The van der Waals surface area contributed by atoms with E-state index in [1.54, 1.807) is 6.92 Å². The Balaban J connectivity index is 2.13. The first-order valence-corrected chi connectivity index (χ1v) is 10.2. The van der Waals surface area contributed by atoms with Gasteiger partial charge in [-0.1, -0.05) is 13.8 Å². The highest BCUT2D eigenvalue weighted by atomic mass is 32.1. The van der Waals surface area contributed by atoms with Gasteiger partial charge in [-0.15, -0.1) is 11.3 Å². The minimum Gasteiger partial charge on any atom is -0.464 e. The molecule has 1 aliphatic rings. The van der Waals surface area contributed by atoms with Crippen LogP contribution in [0.2, 0.25) is 0 Å². The maximum absolute atomic E-state index is 13.2. The number of thiophene rings is 1. The van der Waals surface area contributed by atoms with Crippen LogP contribution in [0.25, 0.3) is 10.2 Å². The lowest BCUT2D eigenvalue weighted by molar-refractivity contribution is -0.144. The fourth-order valence-corrected chi connectivity index (χ4v) is 4.69. The molecule has 0 spiro atoms. The molecule has 0 bridgehead atoms. The summed E-state index contributed by atoms with van der Waals surface area (Å²) >= 11 is 1.46. The largest absolute Gasteiger partial charge is 0.464 e. The van der Waals surface area contributed by atoms with Crippen molar-refractivity contribution in [2.45, 2.75) is 53.0 Å². The monoisotopic (exact) mass is 392 g/mol. The Hall–Kier alpha value is -2.22. The zero-order valence-corrected chi connectivity index (χ0v) is 16.7. The Morgan fingerprint density at radius 2 is 2.07 bits per heavy atom. The van der Waals surface area contributed by atoms with Crippen molar-refractivity contribution in [2.75, 3.05) is 13.2 Å². The summed E-state index contributed by atoms with van der Waals surface area (Å²) in [5.41, 5.74) is 0.639. The first kappa shape index (κ1) is 19.5. The average molecular weight is 392 g/mol. The van der Waals surface area contributed by atoms with E-state index in [9.17, 15) is 14.4 Å². The molecule has 2 heterocycles. The van der Waals surface area contributed by atoms with E-state index < -0.39 is 11.9 Å². The van der Waals surface area contributed by atoms with E-state index in [2.05, 4.69) is 11.9 Å². The fourth-order valence-electron chi connectivity index (χ4n) is 3.31. The molecule has 0 fully saturated rings. The van der Waals surface area contributed by atoms with Gasteiger partial charge in [0.1, 0.15) is 11.4 Å². The summed E-state index contributed by atoms with van der Waals surface area (Å²) in [6, 6.07) is 0. The minimum atomic E-state index is -0.709. The van der Waals surface area contributed by atoms with Crippen LogP contribution in [0.4, 0.5) is 0 Å². The third kappa shape index (κ3) is 3.90. The molecule has 0 unspecified atom stereocenters. The fraction of sp³-hybridized carbons (Fsp3) is 0.579. The topological polar surface area (TPSA) is 87.5 Å². The lowest BCUT2D eigenvalue weighted by Gasteiger charge is -2.17. The second-order valence-electron chi connectivity index (χ2n) is 6.80. The molecule has 0 aliphatic heterocycles. The number of nitrogens with zero attached hydrogens (tertiary/aromatic N) is 2. The Morgan fingerprint density at radius 3 is 2.78 bits per heavy atom. The maximum Gasteiger partial charge on any atom is 0.374 e. The van der Waals surface area contributed by atoms with Crippen LogP contribution in [0.5, 0.6) is 0 Å². The predicted octanol–water partition coefficient (Wildman–Crippen LogP) is 2.71. The molecule has 0 aromatic carbocycles. The van der Waals surface area contributed by atoms with Crippen molar-refractivity contribution in [1.82, 2.24) is 9.55 Å². The molecule has 7 nitrogen and oxygen atoms in total. The highest BCUT2D eigenvalue weighted by molar-refractivity contribution is 7.18. The van der Waals surface area contributed by atoms with E-state index in [1.807, 2.05) is 6.92 Å². The second kappa shape index (κ2) is 8.21. The summed E-state index contributed by atoms with van der Waals surface area (Å²) in [6.07, 6.45) is 3.41. The molecule has 8 heteroatoms. The first-order valence-electron chi connectivity index (χ1n) is 9.34. The molecule has 0 N–H and O–H groups in total. The highest BCUT2D eigenvalue weighted by Crippen LogP contribution is 2.35. The van der Waals surface area contributed by atoms with Gasteiger partial charge in [0.05, 0.1) is 18.6 Å². The predicted molar refractivity (Wildman–Crippen MR) is 102 cm³/mol. The van der Waals surface area contributed by atoms with Crippen LogP contribution in [-0.2, 0) is 33.7 Å². The number of carbonyl (C=O) groups is 2. The van der Waals surface area contributed by atoms with E-state index in [4.69, 9.17) is 9.47 Å². The van der Waals surface area contributed by atoms with Gasteiger partial charge in [0.25, 0.3) is 5.56 Å². The number of hydrogen-bond donors (Lipinski definition) is 0. The van der Waals surface area contributed by atoms with E-state index in [1.165, 1.54) is 11.3 Å². The van der Waals surface area contributed by atoms with E-state index in [0.717, 1.165) is 34.3 Å². The number of aromatic nitrogens is 2. The van der Waals surface area contributed by atoms with Crippen LogP contribution >= 0.6 is 11.3 Å². The molecule has 0 saturated heterocycles. The lowest BCUT2D eigenvalue weighted by atomic mass is 9.89. The quantitative estimate of drug-likeness (QED) is 0.703. The Bertz CT molecular complexity index is 930. The van der Waals surface area contributed by atoms with Crippen LogP contribution in [0.1, 0.15) is 54.7 Å². The molecule has 0 radical (unpaired) electrons. The minimum absolute atomic E-state index is 0.144. The van der Waals surface area contributed by atoms with Crippen LogP contribution in [0.3, 0.4) is 0 Å². The first-order chi connectivity index (χ1) is 13.0. The van der Waals surface area contributed by atoms with Crippen LogP contribution in [0, 0.1) is 5.92 Å². The van der Waals surface area contributed by atoms with Crippen LogP contribution in [0.15, 0.2) is 4.79 Å². The maximum atomic E-state index is 13.2. The molecule has 1 aliphatic carbocycles. The van der Waals surface area contributed by atoms with Gasteiger partial charge >= 0.3 is 11.9 Å². The van der Waals surface area contributed by atoms with Gasteiger partial charge < -0.3 is 9.47 Å². The number of ether oxygens (including phenoxy) is 2. The van der Waals surface area contributed by atoms with Crippen molar-refractivity contribution in [3.05, 3.63) is 26.6 Å². The summed E-state index contributed by atoms with van der Waals surface area (Å²) in [5.74, 6) is -0.862. The Labute approximate surface area is 161 Å². The number of fused-ring (bicyclic) bond motifs is 3. The van der Waals surface area contributed by atoms with Crippen LogP contribution in [-0.4, -0.2) is 34.7 Å². The number of carbonyl (C=O) groups excluding carboxylic acids is 2. The van der Waals surface area contributed by atoms with Gasteiger partial charge in [0, 0.05) is 4.88 Å². The molecular formula is C19H24N2O5S. The molecule has 3 rings (SSSR count). The molecule has 0 saturated carbocycles. The van der Waals surface area contributed by atoms with Crippen LogP contribution < -0.4 is 5.56 Å². The summed E-state index contributed by atoms with van der Waals surface area (Å²) in [4.78, 5) is 43.8. The highest BCUT2D eigenvalue weighted by Gasteiger charge is 2.27. The molecule has 146 valence electrons. The normalized spacial score (nSPS) is 16.2. The number of aryl methyl sites for hydroxylation is 1. The van der Waals surface area contributed by atoms with E-state index >= 15 is 0 Å². The van der Waals surface area contributed by atoms with E-state index in [0.29, 0.717) is 22.6 Å². The van der Waals surface area contributed by atoms with Gasteiger partial charge in [0.2, 0.25) is 5.82 Å². The smallest absolute Gasteiger partial charge is 0.374 e. The lowest BCUT2D eigenvalue weighted by Crippen LogP contribution is -2.32. The van der Waals surface area contributed by atoms with Gasteiger partial charge in [-0.25, -0.2) is 9.78 Å². The average Bonchev–Trinajstić information content (AvgIpc) is 2.99. The standard InChI is InChI=1S/C19H24N2O5S/c1-4-8-26-14(22)10-21-16(19(24)25-5-2)20-17-15(18(21)23)12-7-6-11(3)9-13(12)27-17/h11H,4-10H2,1-3H3/t11-/m0/s1. The van der Waals surface area contributed by atoms with Crippen molar-refractivity contribution in [3.63, 3.8) is 0 Å². The second-order valence-corrected chi connectivity index (χ2v) is 7.88. The van der Waals surface area contributed by atoms with Crippen molar-refractivity contribution >= 4 is 33.5 Å². The molecule has 2 aromatic heterocycles. The Kier molecular flexibility index (Phi) is 5.94. The molecule has 2 aromatic rings. The molecule has 1 atom stereocenters. The van der Waals surface area contributed by atoms with Crippen molar-refractivity contribution in [3.8, 4) is 0 Å². The van der Waals surface area contributed by atoms with Crippen molar-refractivity contribution in [2.24, 2.45) is 5.92 Å². The number of rotatable bonds is 6. The summed E-state index contributed by atoms with van der Waals surface area (Å²) < 4.78 is 11.2. The van der Waals surface area contributed by atoms with Gasteiger partial charge in [-0.05, 0) is 44.1 Å². The molecule has 0 amide bonds. The Morgan fingerprint density at radius 1 is 1.30 bits per heavy atom. The third-order valence-corrected chi connectivity index (χ3v) is 5.78. The summed E-state index contributed by atoms with van der Waals surface area (Å²) in [5, 5.41) is 0.526.